The number of rotatable bonds is 10. The number of carbonyl (C=O) groups is 1. The molecule has 2 N–H and O–H groups in total. The molecule has 0 aliphatic rings. The van der Waals surface area contributed by atoms with Crippen LogP contribution in [0, 0.1) is 6.92 Å². The monoisotopic (exact) mass is 452 g/mol. The molecule has 0 heterocycles. The third kappa shape index (κ3) is 5.88. The van der Waals surface area contributed by atoms with Crippen molar-refractivity contribution >= 4 is 27.4 Å². The van der Waals surface area contributed by atoms with Gasteiger partial charge in [-0.3, -0.25) is 4.72 Å². The van der Waals surface area contributed by atoms with E-state index in [2.05, 4.69) is 11.6 Å². The smallest absolute Gasteiger partial charge is 0.337 e. The lowest BCUT2D eigenvalue weighted by Crippen LogP contribution is -2.26. The van der Waals surface area contributed by atoms with Gasteiger partial charge >= 0.3 is 5.97 Å². The van der Waals surface area contributed by atoms with Crippen LogP contribution in [0.2, 0.25) is 0 Å². The van der Waals surface area contributed by atoms with E-state index >= 15 is 0 Å². The summed E-state index contributed by atoms with van der Waals surface area (Å²) in [6.45, 7) is 5.16. The van der Waals surface area contributed by atoms with Crippen LogP contribution in [0.4, 0.5) is 11.4 Å². The normalized spacial score (nSPS) is 11.2. The van der Waals surface area contributed by atoms with Crippen LogP contribution in [-0.4, -0.2) is 26.0 Å². The number of sulfonamides is 1. The zero-order valence-electron chi connectivity index (χ0n) is 18.3. The maximum Gasteiger partial charge on any atom is 0.337 e. The molecule has 0 aromatic heterocycles. The predicted molar refractivity (Wildman–Crippen MR) is 128 cm³/mol. The molecule has 3 aromatic carbocycles. The molecule has 0 fully saturated rings. The van der Waals surface area contributed by atoms with E-state index in [1.54, 1.807) is 24.3 Å². The highest BCUT2D eigenvalue weighted by Crippen LogP contribution is 2.28. The van der Waals surface area contributed by atoms with Gasteiger partial charge in [0.15, 0.2) is 0 Å². The lowest BCUT2D eigenvalue weighted by Gasteiger charge is -2.27. The van der Waals surface area contributed by atoms with Crippen molar-refractivity contribution in [1.82, 2.24) is 0 Å². The summed E-state index contributed by atoms with van der Waals surface area (Å²) in [6.07, 6.45) is 1.88. The molecule has 0 radical (unpaired) electrons. The molecule has 3 aromatic rings. The van der Waals surface area contributed by atoms with Gasteiger partial charge in [0.05, 0.1) is 16.1 Å². The maximum atomic E-state index is 12.8. The standard InChI is InChI=1S/C25H28N2O4S/c1-3-4-15-27(18-20-10-6-5-7-11-20)24-14-13-21(17-23(24)25(28)29)26-32(30,31)22-12-8-9-19(2)16-22/h5-14,16-17,26H,3-4,15,18H2,1-2H3,(H,28,29). The number of anilines is 2. The highest BCUT2D eigenvalue weighted by Gasteiger charge is 2.20. The van der Waals surface area contributed by atoms with E-state index in [1.807, 2.05) is 48.2 Å². The van der Waals surface area contributed by atoms with Crippen LogP contribution in [0.25, 0.3) is 0 Å². The van der Waals surface area contributed by atoms with Crippen LogP contribution < -0.4 is 9.62 Å². The van der Waals surface area contributed by atoms with E-state index in [-0.39, 0.29) is 16.1 Å². The summed E-state index contributed by atoms with van der Waals surface area (Å²) in [5.41, 5.74) is 2.73. The van der Waals surface area contributed by atoms with Crippen molar-refractivity contribution in [1.29, 1.82) is 0 Å². The van der Waals surface area contributed by atoms with E-state index in [0.29, 0.717) is 18.8 Å². The molecule has 168 valence electrons. The molecule has 0 aliphatic carbocycles. The van der Waals surface area contributed by atoms with Gasteiger partial charge < -0.3 is 10.0 Å². The van der Waals surface area contributed by atoms with Crippen LogP contribution >= 0.6 is 0 Å². The largest absolute Gasteiger partial charge is 0.478 e. The molecular formula is C25H28N2O4S. The van der Waals surface area contributed by atoms with Crippen molar-refractivity contribution in [2.45, 2.75) is 38.1 Å². The fourth-order valence-corrected chi connectivity index (χ4v) is 4.63. The SMILES string of the molecule is CCCCN(Cc1ccccc1)c1ccc(NS(=O)(=O)c2cccc(C)c2)cc1C(=O)O. The first-order valence-electron chi connectivity index (χ1n) is 10.6. The fraction of sp³-hybridized carbons (Fsp3) is 0.240. The van der Waals surface area contributed by atoms with Gasteiger partial charge in [0.2, 0.25) is 0 Å². The zero-order valence-corrected chi connectivity index (χ0v) is 19.1. The topological polar surface area (TPSA) is 86.7 Å². The molecule has 0 unspecified atom stereocenters. The van der Waals surface area contributed by atoms with E-state index in [0.717, 1.165) is 24.0 Å². The first-order chi connectivity index (χ1) is 15.3. The number of nitrogens with zero attached hydrogens (tertiary/aromatic N) is 1. The Hall–Kier alpha value is -3.32. The summed E-state index contributed by atoms with van der Waals surface area (Å²) in [5.74, 6) is -1.11. The van der Waals surface area contributed by atoms with E-state index in [1.165, 1.54) is 12.1 Å². The first-order valence-corrected chi connectivity index (χ1v) is 12.0. The molecule has 0 atom stereocenters. The molecule has 0 amide bonds. The molecular weight excluding hydrogens is 424 g/mol. The van der Waals surface area contributed by atoms with Crippen molar-refractivity contribution < 1.29 is 18.3 Å². The Morgan fingerprint density at radius 3 is 2.41 bits per heavy atom. The number of aromatic carboxylic acids is 1. The average Bonchev–Trinajstić information content (AvgIpc) is 2.77. The number of carboxylic acids is 1. The number of carboxylic acid groups (broad SMARTS) is 1. The van der Waals surface area contributed by atoms with Gasteiger partial charge in [-0.2, -0.15) is 0 Å². The molecule has 0 spiro atoms. The van der Waals surface area contributed by atoms with Gasteiger partial charge in [-0.25, -0.2) is 13.2 Å². The number of hydrogen-bond acceptors (Lipinski definition) is 4. The van der Waals surface area contributed by atoms with Crippen molar-refractivity contribution in [2.75, 3.05) is 16.2 Å². The first kappa shape index (κ1) is 23.3. The van der Waals surface area contributed by atoms with Gasteiger partial charge in [0.1, 0.15) is 0 Å². The number of hydrogen-bond donors (Lipinski definition) is 2. The lowest BCUT2D eigenvalue weighted by atomic mass is 10.1. The second-order valence-electron chi connectivity index (χ2n) is 7.72. The highest BCUT2D eigenvalue weighted by atomic mass is 32.2. The predicted octanol–water partition coefficient (Wildman–Crippen LogP) is 5.30. The Morgan fingerprint density at radius 2 is 1.75 bits per heavy atom. The number of aryl methyl sites for hydroxylation is 1. The molecule has 6 nitrogen and oxygen atoms in total. The molecule has 0 bridgehead atoms. The Morgan fingerprint density at radius 1 is 1.00 bits per heavy atom. The average molecular weight is 453 g/mol. The van der Waals surface area contributed by atoms with E-state index < -0.39 is 16.0 Å². The summed E-state index contributed by atoms with van der Waals surface area (Å²) in [5, 5.41) is 9.88. The number of benzene rings is 3. The fourth-order valence-electron chi connectivity index (χ4n) is 3.48. The van der Waals surface area contributed by atoms with Crippen LogP contribution in [0.15, 0.2) is 77.7 Å². The minimum Gasteiger partial charge on any atom is -0.478 e. The van der Waals surface area contributed by atoms with Gasteiger partial charge in [0.25, 0.3) is 10.0 Å². The Kier molecular flexibility index (Phi) is 7.53. The van der Waals surface area contributed by atoms with Gasteiger partial charge in [-0.1, -0.05) is 55.8 Å². The molecule has 32 heavy (non-hydrogen) atoms. The van der Waals surface area contributed by atoms with Crippen molar-refractivity contribution in [2.24, 2.45) is 0 Å². The van der Waals surface area contributed by atoms with Crippen LogP contribution in [0.1, 0.15) is 41.3 Å². The molecule has 7 heteroatoms. The summed E-state index contributed by atoms with van der Waals surface area (Å²) in [6, 6.07) is 21.1. The second kappa shape index (κ2) is 10.3. The van der Waals surface area contributed by atoms with Crippen LogP contribution in [0.5, 0.6) is 0 Å². The van der Waals surface area contributed by atoms with Gasteiger partial charge in [-0.05, 0) is 54.8 Å². The minimum atomic E-state index is -3.83. The van der Waals surface area contributed by atoms with Crippen LogP contribution in [0.3, 0.4) is 0 Å². The van der Waals surface area contributed by atoms with Crippen molar-refractivity contribution in [3.05, 3.63) is 89.5 Å². The summed E-state index contributed by atoms with van der Waals surface area (Å²) in [4.78, 5) is 14.2. The maximum absolute atomic E-state index is 12.8. The van der Waals surface area contributed by atoms with Gasteiger partial charge in [-0.15, -0.1) is 0 Å². The molecule has 0 saturated carbocycles. The highest BCUT2D eigenvalue weighted by molar-refractivity contribution is 7.92. The third-order valence-corrected chi connectivity index (χ3v) is 6.50. The van der Waals surface area contributed by atoms with E-state index in [9.17, 15) is 18.3 Å². The summed E-state index contributed by atoms with van der Waals surface area (Å²) >= 11 is 0. The number of unbranched alkanes of at least 4 members (excludes halogenated alkanes) is 1. The quantitative estimate of drug-likeness (QED) is 0.436. The van der Waals surface area contributed by atoms with Crippen molar-refractivity contribution in [3.8, 4) is 0 Å². The van der Waals surface area contributed by atoms with E-state index in [4.69, 9.17) is 0 Å². The molecule has 0 saturated heterocycles. The second-order valence-corrected chi connectivity index (χ2v) is 9.40. The minimum absolute atomic E-state index is 0.0569. The Balaban J connectivity index is 1.94. The van der Waals surface area contributed by atoms with Gasteiger partial charge in [0, 0.05) is 18.8 Å². The molecule has 3 rings (SSSR count). The van der Waals surface area contributed by atoms with Crippen LogP contribution in [-0.2, 0) is 16.6 Å². The lowest BCUT2D eigenvalue weighted by molar-refractivity contribution is 0.0697. The summed E-state index contributed by atoms with van der Waals surface area (Å²) in [7, 11) is -3.83. The number of nitrogens with one attached hydrogen (secondary N) is 1. The van der Waals surface area contributed by atoms with Crippen molar-refractivity contribution in [3.63, 3.8) is 0 Å². The Bertz CT molecular complexity index is 1180. The Labute approximate surface area is 189 Å². The summed E-state index contributed by atoms with van der Waals surface area (Å²) < 4.78 is 28.0. The third-order valence-electron chi connectivity index (χ3n) is 5.12. The molecule has 0 aliphatic heterocycles. The zero-order chi connectivity index (χ0) is 23.1.